The fourth-order valence-electron chi connectivity index (χ4n) is 4.36. The summed E-state index contributed by atoms with van der Waals surface area (Å²) < 4.78 is 5.87. The highest BCUT2D eigenvalue weighted by atomic mass is 35.5. The van der Waals surface area contributed by atoms with Gasteiger partial charge in [-0.05, 0) is 80.7 Å². The van der Waals surface area contributed by atoms with E-state index in [2.05, 4.69) is 41.1 Å². The lowest BCUT2D eigenvalue weighted by atomic mass is 9.86. The van der Waals surface area contributed by atoms with E-state index in [-0.39, 0.29) is 5.92 Å². The van der Waals surface area contributed by atoms with Crippen LogP contribution < -0.4 is 4.74 Å². The van der Waals surface area contributed by atoms with Crippen LogP contribution in [-0.2, 0) is 0 Å². The van der Waals surface area contributed by atoms with Gasteiger partial charge in [-0.1, -0.05) is 11.6 Å². The Bertz CT molecular complexity index is 1070. The van der Waals surface area contributed by atoms with Crippen LogP contribution in [0.2, 0.25) is 5.02 Å². The molecule has 4 rings (SSSR count). The molecule has 0 atom stereocenters. The summed E-state index contributed by atoms with van der Waals surface area (Å²) in [5, 5.41) is 10.9. The second-order valence-corrected chi connectivity index (χ2v) is 8.97. The number of nitrogens with one attached hydrogen (secondary N) is 1. The predicted octanol–water partition coefficient (Wildman–Crippen LogP) is 5.07. The Balaban J connectivity index is 1.60. The minimum Gasteiger partial charge on any atom is -0.494 e. The maximum absolute atomic E-state index is 11.3. The van der Waals surface area contributed by atoms with E-state index >= 15 is 0 Å². The van der Waals surface area contributed by atoms with Crippen LogP contribution in [0.1, 0.15) is 30.7 Å². The lowest BCUT2D eigenvalue weighted by Crippen LogP contribution is -2.36. The molecule has 1 aromatic carbocycles. The number of amides is 1. The Kier molecular flexibility index (Phi) is 6.86. The first kappa shape index (κ1) is 22.4. The number of ether oxygens (including phenoxy) is 1. The van der Waals surface area contributed by atoms with Crippen LogP contribution in [0.5, 0.6) is 5.75 Å². The summed E-state index contributed by atoms with van der Waals surface area (Å²) in [6, 6.07) is 10.1. The van der Waals surface area contributed by atoms with Gasteiger partial charge in [0.25, 0.3) is 0 Å². The predicted molar refractivity (Wildman–Crippen MR) is 127 cm³/mol. The second-order valence-electron chi connectivity index (χ2n) is 8.54. The van der Waals surface area contributed by atoms with Crippen molar-refractivity contribution >= 4 is 28.7 Å². The van der Waals surface area contributed by atoms with E-state index < -0.39 is 6.09 Å². The van der Waals surface area contributed by atoms with Gasteiger partial charge in [0.05, 0.1) is 17.3 Å². The number of rotatable bonds is 7. The smallest absolute Gasteiger partial charge is 0.407 e. The zero-order chi connectivity index (χ0) is 22.7. The standard InChI is InChI=1S/C24H29ClN4O3/c1-28(2)10-3-13-32-19-6-4-17(5-7-19)22-21(16-8-11-29(12-9-16)24(30)31)20-14-18(25)15-26-23(20)27-22/h4-7,14-16H,3,8-13H2,1-2H3,(H,26,27)(H,30,31). The van der Waals surface area contributed by atoms with E-state index in [4.69, 9.17) is 16.3 Å². The fourth-order valence-corrected chi connectivity index (χ4v) is 4.52. The van der Waals surface area contributed by atoms with Crippen LogP contribution in [0.4, 0.5) is 4.79 Å². The minimum atomic E-state index is -0.853. The Morgan fingerprint density at radius 2 is 2.00 bits per heavy atom. The molecule has 32 heavy (non-hydrogen) atoms. The topological polar surface area (TPSA) is 81.7 Å². The molecule has 1 aliphatic rings. The molecule has 0 saturated carbocycles. The number of carbonyl (C=O) groups is 1. The van der Waals surface area contributed by atoms with Crippen molar-refractivity contribution in [2.75, 3.05) is 40.3 Å². The summed E-state index contributed by atoms with van der Waals surface area (Å²) in [4.78, 5) is 22.9. The fraction of sp³-hybridized carbons (Fsp3) is 0.417. The molecule has 1 fully saturated rings. The van der Waals surface area contributed by atoms with E-state index in [1.54, 1.807) is 6.20 Å². The monoisotopic (exact) mass is 456 g/mol. The normalized spacial score (nSPS) is 14.9. The summed E-state index contributed by atoms with van der Waals surface area (Å²) in [7, 11) is 4.11. The average Bonchev–Trinajstić information content (AvgIpc) is 3.15. The van der Waals surface area contributed by atoms with E-state index in [1.165, 1.54) is 10.5 Å². The lowest BCUT2D eigenvalue weighted by Gasteiger charge is -2.30. The molecule has 0 radical (unpaired) electrons. The maximum Gasteiger partial charge on any atom is 0.407 e. The molecule has 2 N–H and O–H groups in total. The van der Waals surface area contributed by atoms with Crippen LogP contribution >= 0.6 is 11.6 Å². The third-order valence-corrected chi connectivity index (χ3v) is 6.20. The van der Waals surface area contributed by atoms with Crippen molar-refractivity contribution in [3.63, 3.8) is 0 Å². The lowest BCUT2D eigenvalue weighted by molar-refractivity contribution is 0.132. The number of nitrogens with zero attached hydrogens (tertiary/aromatic N) is 3. The number of hydrogen-bond acceptors (Lipinski definition) is 4. The number of fused-ring (bicyclic) bond motifs is 1. The highest BCUT2D eigenvalue weighted by molar-refractivity contribution is 6.31. The van der Waals surface area contributed by atoms with Crippen molar-refractivity contribution in [2.24, 2.45) is 0 Å². The minimum absolute atomic E-state index is 0.233. The van der Waals surface area contributed by atoms with Crippen LogP contribution in [0.25, 0.3) is 22.3 Å². The zero-order valence-corrected chi connectivity index (χ0v) is 19.2. The summed E-state index contributed by atoms with van der Waals surface area (Å²) in [6.45, 7) is 2.73. The second kappa shape index (κ2) is 9.79. The number of halogens is 1. The van der Waals surface area contributed by atoms with E-state index in [0.717, 1.165) is 53.8 Å². The summed E-state index contributed by atoms with van der Waals surface area (Å²) in [5.41, 5.74) is 4.03. The highest BCUT2D eigenvalue weighted by Gasteiger charge is 2.28. The molecule has 3 heterocycles. The summed E-state index contributed by atoms with van der Waals surface area (Å²) in [5.74, 6) is 1.08. The van der Waals surface area contributed by atoms with Gasteiger partial charge in [-0.25, -0.2) is 9.78 Å². The molecule has 1 saturated heterocycles. The van der Waals surface area contributed by atoms with Gasteiger partial charge >= 0.3 is 6.09 Å². The zero-order valence-electron chi connectivity index (χ0n) is 18.5. The molecule has 0 spiro atoms. The number of aromatic amines is 1. The number of H-pyrrole nitrogens is 1. The molecule has 0 aliphatic carbocycles. The van der Waals surface area contributed by atoms with Crippen molar-refractivity contribution in [3.8, 4) is 17.0 Å². The number of hydrogen-bond donors (Lipinski definition) is 2. The number of aromatic nitrogens is 2. The largest absolute Gasteiger partial charge is 0.494 e. The van der Waals surface area contributed by atoms with E-state index in [9.17, 15) is 9.90 Å². The number of piperidine rings is 1. The first-order valence-electron chi connectivity index (χ1n) is 11.0. The van der Waals surface area contributed by atoms with Crippen molar-refractivity contribution in [3.05, 3.63) is 47.1 Å². The number of likely N-dealkylation sites (tertiary alicyclic amines) is 1. The SMILES string of the molecule is CN(C)CCCOc1ccc(-c2[nH]c3ncc(Cl)cc3c2C2CCN(C(=O)O)CC2)cc1. The first-order valence-corrected chi connectivity index (χ1v) is 11.3. The van der Waals surface area contributed by atoms with Gasteiger partial charge < -0.3 is 24.6 Å². The van der Waals surface area contributed by atoms with Gasteiger partial charge in [0, 0.05) is 31.2 Å². The molecule has 0 bridgehead atoms. The molecule has 170 valence electrons. The van der Waals surface area contributed by atoms with Crippen LogP contribution in [0.15, 0.2) is 36.5 Å². The van der Waals surface area contributed by atoms with Gasteiger partial charge in [-0.15, -0.1) is 0 Å². The Morgan fingerprint density at radius 3 is 2.66 bits per heavy atom. The van der Waals surface area contributed by atoms with E-state index in [1.807, 2.05) is 18.2 Å². The maximum atomic E-state index is 11.3. The molecule has 7 nitrogen and oxygen atoms in total. The Morgan fingerprint density at radius 1 is 1.28 bits per heavy atom. The van der Waals surface area contributed by atoms with Crippen LogP contribution in [0, 0.1) is 0 Å². The molecule has 1 aliphatic heterocycles. The van der Waals surface area contributed by atoms with Crippen LogP contribution in [0.3, 0.4) is 0 Å². The number of benzene rings is 1. The first-order chi connectivity index (χ1) is 15.4. The van der Waals surface area contributed by atoms with Crippen LogP contribution in [-0.4, -0.2) is 71.3 Å². The Hall–Kier alpha value is -2.77. The van der Waals surface area contributed by atoms with Crippen molar-refractivity contribution in [2.45, 2.75) is 25.2 Å². The highest BCUT2D eigenvalue weighted by Crippen LogP contribution is 2.40. The Labute approximate surface area is 192 Å². The van der Waals surface area contributed by atoms with Crippen molar-refractivity contribution < 1.29 is 14.6 Å². The van der Waals surface area contributed by atoms with Gasteiger partial charge in [-0.3, -0.25) is 0 Å². The summed E-state index contributed by atoms with van der Waals surface area (Å²) in [6.07, 6.45) is 3.31. The van der Waals surface area contributed by atoms with Crippen molar-refractivity contribution in [1.82, 2.24) is 19.8 Å². The van der Waals surface area contributed by atoms with Gasteiger partial charge in [-0.2, -0.15) is 0 Å². The third-order valence-electron chi connectivity index (χ3n) is 5.99. The van der Waals surface area contributed by atoms with Gasteiger partial charge in [0.2, 0.25) is 0 Å². The molecule has 8 heteroatoms. The molecular formula is C24H29ClN4O3. The molecule has 3 aromatic rings. The van der Waals surface area contributed by atoms with E-state index in [0.29, 0.717) is 24.7 Å². The number of carboxylic acid groups (broad SMARTS) is 1. The molecule has 0 unspecified atom stereocenters. The summed E-state index contributed by atoms with van der Waals surface area (Å²) >= 11 is 6.27. The number of pyridine rings is 1. The third kappa shape index (κ3) is 5.00. The van der Waals surface area contributed by atoms with Crippen molar-refractivity contribution in [1.29, 1.82) is 0 Å². The molecular weight excluding hydrogens is 428 g/mol. The molecule has 1 amide bonds. The van der Waals surface area contributed by atoms with Gasteiger partial charge in [0.15, 0.2) is 0 Å². The van der Waals surface area contributed by atoms with Gasteiger partial charge in [0.1, 0.15) is 11.4 Å². The quantitative estimate of drug-likeness (QED) is 0.485. The molecule has 2 aromatic heterocycles. The average molecular weight is 457 g/mol.